The van der Waals surface area contributed by atoms with Crippen LogP contribution in [-0.2, 0) is 11.2 Å². The molecule has 1 atom stereocenters. The van der Waals surface area contributed by atoms with E-state index in [0.29, 0.717) is 6.42 Å². The summed E-state index contributed by atoms with van der Waals surface area (Å²) in [4.78, 5) is 19.2. The lowest BCUT2D eigenvalue weighted by Gasteiger charge is -2.23. The second-order valence-electron chi connectivity index (χ2n) is 4.47. The van der Waals surface area contributed by atoms with Crippen molar-refractivity contribution in [2.45, 2.75) is 32.7 Å². The van der Waals surface area contributed by atoms with Crippen LogP contribution < -0.4 is 0 Å². The number of aromatic nitrogens is 2. The zero-order valence-electron chi connectivity index (χ0n) is 11.3. The molecular weight excluding hydrogens is 262 g/mol. The van der Waals surface area contributed by atoms with Crippen LogP contribution in [0.25, 0.3) is 0 Å². The maximum atomic E-state index is 12.1. The summed E-state index contributed by atoms with van der Waals surface area (Å²) in [5.41, 5.74) is 3.60. The highest BCUT2D eigenvalue weighted by atomic mass is 32.1. The smallest absolute Gasteiger partial charge is 0.223 e. The van der Waals surface area contributed by atoms with E-state index in [0.717, 1.165) is 17.8 Å². The Hall–Kier alpha value is -1.69. The molecule has 2 rings (SSSR count). The molecule has 0 bridgehead atoms. The molecule has 0 aliphatic carbocycles. The average molecular weight is 279 g/mol. The van der Waals surface area contributed by atoms with Crippen molar-refractivity contribution in [2.75, 3.05) is 7.05 Å². The monoisotopic (exact) mass is 279 g/mol. The first-order valence-corrected chi connectivity index (χ1v) is 7.02. The minimum absolute atomic E-state index is 0.0752. The van der Waals surface area contributed by atoms with Crippen LogP contribution in [0.15, 0.2) is 22.4 Å². The van der Waals surface area contributed by atoms with Crippen LogP contribution in [-0.4, -0.2) is 28.0 Å². The number of hydrogen-bond acceptors (Lipinski definition) is 5. The molecule has 0 aromatic carbocycles. The Balaban J connectivity index is 1.91. The van der Waals surface area contributed by atoms with Gasteiger partial charge in [0.1, 0.15) is 12.0 Å². The van der Waals surface area contributed by atoms with Crippen molar-refractivity contribution in [3.63, 3.8) is 0 Å². The largest absolute Gasteiger partial charge is 0.364 e. The molecule has 0 unspecified atom stereocenters. The van der Waals surface area contributed by atoms with E-state index in [9.17, 15) is 4.79 Å². The lowest BCUT2D eigenvalue weighted by molar-refractivity contribution is -0.131. The Morgan fingerprint density at radius 1 is 1.58 bits per heavy atom. The first-order chi connectivity index (χ1) is 9.09. The molecule has 0 saturated heterocycles. The van der Waals surface area contributed by atoms with Crippen LogP contribution in [0, 0.1) is 6.92 Å². The van der Waals surface area contributed by atoms with E-state index in [2.05, 4.69) is 10.1 Å². The maximum Gasteiger partial charge on any atom is 0.223 e. The van der Waals surface area contributed by atoms with Gasteiger partial charge >= 0.3 is 0 Å². The third-order valence-corrected chi connectivity index (χ3v) is 4.27. The van der Waals surface area contributed by atoms with Crippen LogP contribution in [0.2, 0.25) is 0 Å². The van der Waals surface area contributed by atoms with Gasteiger partial charge in [-0.25, -0.2) is 4.98 Å². The van der Waals surface area contributed by atoms with Gasteiger partial charge in [-0.3, -0.25) is 4.79 Å². The van der Waals surface area contributed by atoms with E-state index < -0.39 is 0 Å². The minimum Gasteiger partial charge on any atom is -0.364 e. The molecule has 0 aliphatic heterocycles. The molecule has 0 aliphatic rings. The Morgan fingerprint density at radius 3 is 2.95 bits per heavy atom. The molecule has 19 heavy (non-hydrogen) atoms. The van der Waals surface area contributed by atoms with Gasteiger partial charge in [0, 0.05) is 24.4 Å². The molecule has 0 spiro atoms. The van der Waals surface area contributed by atoms with Crippen molar-refractivity contribution in [2.24, 2.45) is 0 Å². The molecule has 2 aromatic heterocycles. The standard InChI is InChI=1S/C13H17N3O2S/c1-9-12(19-8-14-9)4-5-13(17)16(3)10(2)11-6-7-18-15-11/h6-8,10H,4-5H2,1-3H3/t10-/m1/s1. The van der Waals surface area contributed by atoms with E-state index in [1.165, 1.54) is 11.1 Å². The predicted molar refractivity (Wildman–Crippen MR) is 72.9 cm³/mol. The van der Waals surface area contributed by atoms with E-state index in [1.807, 2.05) is 19.4 Å². The summed E-state index contributed by atoms with van der Waals surface area (Å²) in [7, 11) is 1.79. The molecule has 0 radical (unpaired) electrons. The predicted octanol–water partition coefficient (Wildman–Crippen LogP) is 2.59. The summed E-state index contributed by atoms with van der Waals surface area (Å²) in [5.74, 6) is 0.100. The third-order valence-electron chi connectivity index (χ3n) is 3.27. The quantitative estimate of drug-likeness (QED) is 0.844. The number of rotatable bonds is 5. The molecule has 6 heteroatoms. The third kappa shape index (κ3) is 3.20. The molecule has 1 amide bonds. The van der Waals surface area contributed by atoms with Gasteiger partial charge in [-0.05, 0) is 20.3 Å². The zero-order chi connectivity index (χ0) is 13.8. The van der Waals surface area contributed by atoms with Crippen LogP contribution in [0.4, 0.5) is 0 Å². The summed E-state index contributed by atoms with van der Waals surface area (Å²) >= 11 is 1.60. The summed E-state index contributed by atoms with van der Waals surface area (Å²) in [5, 5.41) is 3.87. The van der Waals surface area contributed by atoms with Gasteiger partial charge in [0.05, 0.1) is 17.2 Å². The normalized spacial score (nSPS) is 12.4. The van der Waals surface area contributed by atoms with Crippen LogP contribution in [0.1, 0.15) is 35.7 Å². The van der Waals surface area contributed by atoms with E-state index >= 15 is 0 Å². The van der Waals surface area contributed by atoms with E-state index in [1.54, 1.807) is 29.4 Å². The average Bonchev–Trinajstić information content (AvgIpc) is 3.05. The zero-order valence-corrected chi connectivity index (χ0v) is 12.1. The Bertz CT molecular complexity index is 536. The highest BCUT2D eigenvalue weighted by molar-refractivity contribution is 7.09. The fraction of sp³-hybridized carbons (Fsp3) is 0.462. The topological polar surface area (TPSA) is 59.2 Å². The van der Waals surface area contributed by atoms with Crippen molar-refractivity contribution in [1.29, 1.82) is 0 Å². The van der Waals surface area contributed by atoms with Crippen molar-refractivity contribution >= 4 is 17.2 Å². The first kappa shape index (κ1) is 13.7. The lowest BCUT2D eigenvalue weighted by atomic mass is 10.1. The first-order valence-electron chi connectivity index (χ1n) is 6.14. The number of carbonyl (C=O) groups is 1. The van der Waals surface area contributed by atoms with Gasteiger partial charge in [-0.1, -0.05) is 5.16 Å². The van der Waals surface area contributed by atoms with Gasteiger partial charge in [0.25, 0.3) is 0 Å². The number of aryl methyl sites for hydroxylation is 2. The maximum absolute atomic E-state index is 12.1. The van der Waals surface area contributed by atoms with Crippen molar-refractivity contribution in [3.05, 3.63) is 34.1 Å². The molecule has 0 saturated carbocycles. The van der Waals surface area contributed by atoms with Gasteiger partial charge in [-0.2, -0.15) is 0 Å². The minimum atomic E-state index is -0.0752. The summed E-state index contributed by atoms with van der Waals surface area (Å²) in [6.07, 6.45) is 2.75. The Kier molecular flexibility index (Phi) is 4.31. The molecule has 5 nitrogen and oxygen atoms in total. The second kappa shape index (κ2) is 5.97. The highest BCUT2D eigenvalue weighted by Crippen LogP contribution is 2.19. The highest BCUT2D eigenvalue weighted by Gasteiger charge is 2.19. The Labute approximate surface area is 116 Å². The molecular formula is C13H17N3O2S. The van der Waals surface area contributed by atoms with Gasteiger partial charge in [-0.15, -0.1) is 11.3 Å². The number of nitrogens with zero attached hydrogens (tertiary/aromatic N) is 3. The summed E-state index contributed by atoms with van der Waals surface area (Å²) in [6.45, 7) is 3.91. The molecule has 2 aromatic rings. The van der Waals surface area contributed by atoms with Gasteiger partial charge in [0.15, 0.2) is 0 Å². The Morgan fingerprint density at radius 2 is 2.37 bits per heavy atom. The van der Waals surface area contributed by atoms with Gasteiger partial charge in [0.2, 0.25) is 5.91 Å². The lowest BCUT2D eigenvalue weighted by Crippen LogP contribution is -2.30. The number of amides is 1. The van der Waals surface area contributed by atoms with Crippen LogP contribution >= 0.6 is 11.3 Å². The van der Waals surface area contributed by atoms with Crippen molar-refractivity contribution < 1.29 is 9.32 Å². The van der Waals surface area contributed by atoms with Crippen LogP contribution in [0.3, 0.4) is 0 Å². The van der Waals surface area contributed by atoms with E-state index in [-0.39, 0.29) is 11.9 Å². The molecule has 0 N–H and O–H groups in total. The summed E-state index contributed by atoms with van der Waals surface area (Å²) in [6, 6.07) is 1.70. The molecule has 102 valence electrons. The van der Waals surface area contributed by atoms with E-state index in [4.69, 9.17) is 4.52 Å². The molecule has 2 heterocycles. The summed E-state index contributed by atoms with van der Waals surface area (Å²) < 4.78 is 4.81. The van der Waals surface area contributed by atoms with Crippen molar-refractivity contribution in [1.82, 2.24) is 15.0 Å². The van der Waals surface area contributed by atoms with Crippen LogP contribution in [0.5, 0.6) is 0 Å². The number of carbonyl (C=O) groups excluding carboxylic acids is 1. The second-order valence-corrected chi connectivity index (χ2v) is 5.41. The van der Waals surface area contributed by atoms with Gasteiger partial charge < -0.3 is 9.42 Å². The SMILES string of the molecule is Cc1ncsc1CCC(=O)N(C)[C@H](C)c1ccon1. The van der Waals surface area contributed by atoms with Crippen molar-refractivity contribution in [3.8, 4) is 0 Å². The fourth-order valence-corrected chi connectivity index (χ4v) is 2.60. The molecule has 0 fully saturated rings. The number of hydrogen-bond donors (Lipinski definition) is 0. The fourth-order valence-electron chi connectivity index (χ4n) is 1.81. The number of thiazole rings is 1.